The van der Waals surface area contributed by atoms with Gasteiger partial charge in [0.05, 0.1) is 12.3 Å². The molecule has 1 amide bonds. The Kier molecular flexibility index (Phi) is 7.41. The quantitative estimate of drug-likeness (QED) is 0.707. The number of benzene rings is 1. The molecular formula is C20H26N2O4. The van der Waals surface area contributed by atoms with Gasteiger partial charge in [0.2, 0.25) is 0 Å². The Morgan fingerprint density at radius 2 is 1.92 bits per heavy atom. The molecule has 140 valence electrons. The number of amides is 1. The molecule has 1 N–H and O–H groups in total. The second-order valence-corrected chi connectivity index (χ2v) is 6.43. The number of ketones is 1. The van der Waals surface area contributed by atoms with Crippen molar-refractivity contribution in [3.8, 4) is 5.75 Å². The van der Waals surface area contributed by atoms with Gasteiger partial charge in [-0.15, -0.1) is 0 Å². The van der Waals surface area contributed by atoms with Gasteiger partial charge in [-0.3, -0.25) is 9.69 Å². The van der Waals surface area contributed by atoms with Crippen molar-refractivity contribution in [3.63, 3.8) is 0 Å². The Balaban J connectivity index is 1.76. The van der Waals surface area contributed by atoms with E-state index in [0.717, 1.165) is 17.7 Å². The Morgan fingerprint density at radius 1 is 1.19 bits per heavy atom. The summed E-state index contributed by atoms with van der Waals surface area (Å²) in [5.74, 6) is 1.41. The number of rotatable bonds is 10. The number of carbonyl (C=O) groups excluding carboxylic acids is 2. The smallest absolute Gasteiger partial charge is 0.258 e. The Hall–Kier alpha value is -2.60. The minimum absolute atomic E-state index is 0.0329. The first-order valence-electron chi connectivity index (χ1n) is 8.63. The normalized spacial score (nSPS) is 12.0. The van der Waals surface area contributed by atoms with E-state index in [-0.39, 0.29) is 24.3 Å². The third kappa shape index (κ3) is 6.37. The van der Waals surface area contributed by atoms with Gasteiger partial charge in [-0.05, 0) is 57.3 Å². The van der Waals surface area contributed by atoms with E-state index in [9.17, 15) is 9.59 Å². The third-order valence-corrected chi connectivity index (χ3v) is 4.05. The standard InChI is InChI=1S/C20H26N2O4/c1-15(23)6-7-16-8-10-17(11-9-16)26-14-20(24)21-13-18(22(2)3)19-5-4-12-25-19/h4-5,8-12,18H,6-7,13-14H2,1-3H3,(H,21,24). The van der Waals surface area contributed by atoms with Crippen molar-refractivity contribution in [2.24, 2.45) is 0 Å². The van der Waals surface area contributed by atoms with Gasteiger partial charge in [0.25, 0.3) is 5.91 Å². The second-order valence-electron chi connectivity index (χ2n) is 6.43. The highest BCUT2D eigenvalue weighted by molar-refractivity contribution is 5.77. The number of carbonyl (C=O) groups is 2. The summed E-state index contributed by atoms with van der Waals surface area (Å²) >= 11 is 0. The molecule has 1 aromatic heterocycles. The molecule has 0 aliphatic heterocycles. The molecule has 2 rings (SSSR count). The number of nitrogens with one attached hydrogen (secondary N) is 1. The molecule has 1 atom stereocenters. The molecule has 6 nitrogen and oxygen atoms in total. The summed E-state index contributed by atoms with van der Waals surface area (Å²) in [5, 5.41) is 2.86. The molecule has 1 aromatic carbocycles. The Morgan fingerprint density at radius 3 is 2.50 bits per heavy atom. The van der Waals surface area contributed by atoms with Gasteiger partial charge < -0.3 is 19.3 Å². The summed E-state index contributed by atoms with van der Waals surface area (Å²) in [4.78, 5) is 25.0. The lowest BCUT2D eigenvalue weighted by molar-refractivity contribution is -0.123. The average Bonchev–Trinajstić information content (AvgIpc) is 3.13. The number of ether oxygens (including phenoxy) is 1. The van der Waals surface area contributed by atoms with Gasteiger partial charge in [-0.1, -0.05) is 12.1 Å². The summed E-state index contributed by atoms with van der Waals surface area (Å²) < 4.78 is 10.9. The molecule has 0 fully saturated rings. The summed E-state index contributed by atoms with van der Waals surface area (Å²) in [5.41, 5.74) is 1.07. The summed E-state index contributed by atoms with van der Waals surface area (Å²) in [6, 6.07) is 11.1. The maximum Gasteiger partial charge on any atom is 0.258 e. The topological polar surface area (TPSA) is 71.8 Å². The molecule has 6 heteroatoms. The van der Waals surface area contributed by atoms with Gasteiger partial charge in [0.1, 0.15) is 17.3 Å². The fraction of sp³-hybridized carbons (Fsp3) is 0.400. The zero-order valence-electron chi connectivity index (χ0n) is 15.5. The van der Waals surface area contributed by atoms with Gasteiger partial charge in [0.15, 0.2) is 6.61 Å². The number of hydrogen-bond acceptors (Lipinski definition) is 5. The lowest BCUT2D eigenvalue weighted by Crippen LogP contribution is -2.36. The average molecular weight is 358 g/mol. The predicted molar refractivity (Wildman–Crippen MR) is 99.1 cm³/mol. The molecule has 2 aromatic rings. The number of furan rings is 1. The summed E-state index contributed by atoms with van der Waals surface area (Å²) in [6.07, 6.45) is 2.87. The van der Waals surface area contributed by atoms with Crippen LogP contribution in [-0.4, -0.2) is 43.8 Å². The molecular weight excluding hydrogens is 332 g/mol. The molecule has 0 aliphatic carbocycles. The molecule has 0 radical (unpaired) electrons. The van der Waals surface area contributed by atoms with Gasteiger partial charge in [0, 0.05) is 13.0 Å². The zero-order chi connectivity index (χ0) is 18.9. The van der Waals surface area contributed by atoms with Crippen molar-refractivity contribution >= 4 is 11.7 Å². The van der Waals surface area contributed by atoms with E-state index in [1.807, 2.05) is 55.4 Å². The van der Waals surface area contributed by atoms with Crippen LogP contribution < -0.4 is 10.1 Å². The number of aryl methyl sites for hydroxylation is 1. The Bertz CT molecular complexity index is 693. The first-order chi connectivity index (χ1) is 12.5. The van der Waals surface area contributed by atoms with Crippen LogP contribution in [0.5, 0.6) is 5.75 Å². The maximum atomic E-state index is 12.0. The van der Waals surface area contributed by atoms with Crippen molar-refractivity contribution in [3.05, 3.63) is 54.0 Å². The number of nitrogens with zero attached hydrogens (tertiary/aromatic N) is 1. The van der Waals surface area contributed by atoms with Crippen LogP contribution >= 0.6 is 0 Å². The molecule has 0 saturated heterocycles. The Labute approximate surface area is 154 Å². The lowest BCUT2D eigenvalue weighted by atomic mass is 10.1. The van der Waals surface area contributed by atoms with E-state index in [1.54, 1.807) is 13.2 Å². The largest absolute Gasteiger partial charge is 0.484 e. The van der Waals surface area contributed by atoms with Gasteiger partial charge in [-0.25, -0.2) is 0 Å². The first kappa shape index (κ1) is 19.7. The third-order valence-electron chi connectivity index (χ3n) is 4.05. The molecule has 0 bridgehead atoms. The summed E-state index contributed by atoms with van der Waals surface area (Å²) in [7, 11) is 3.87. The van der Waals surface area contributed by atoms with Crippen molar-refractivity contribution in [1.82, 2.24) is 10.2 Å². The second kappa shape index (κ2) is 9.77. The van der Waals surface area contributed by atoms with Gasteiger partial charge in [-0.2, -0.15) is 0 Å². The zero-order valence-corrected chi connectivity index (χ0v) is 15.5. The predicted octanol–water partition coefficient (Wildman–Crippen LogP) is 2.60. The first-order valence-corrected chi connectivity index (χ1v) is 8.63. The van der Waals surface area contributed by atoms with E-state index in [2.05, 4.69) is 5.32 Å². The van der Waals surface area contributed by atoms with Gasteiger partial charge >= 0.3 is 0 Å². The van der Waals surface area contributed by atoms with Crippen molar-refractivity contribution in [2.75, 3.05) is 27.2 Å². The molecule has 0 saturated carbocycles. The van der Waals surface area contributed by atoms with Crippen molar-refractivity contribution in [1.29, 1.82) is 0 Å². The van der Waals surface area contributed by atoms with Crippen LogP contribution in [0.1, 0.15) is 30.7 Å². The van der Waals surface area contributed by atoms with Crippen LogP contribution in [0.2, 0.25) is 0 Å². The van der Waals surface area contributed by atoms with E-state index in [1.165, 1.54) is 0 Å². The highest BCUT2D eigenvalue weighted by Gasteiger charge is 2.17. The molecule has 26 heavy (non-hydrogen) atoms. The highest BCUT2D eigenvalue weighted by atomic mass is 16.5. The minimum atomic E-state index is -0.191. The highest BCUT2D eigenvalue weighted by Crippen LogP contribution is 2.17. The molecule has 1 unspecified atom stereocenters. The molecule has 1 heterocycles. The van der Waals surface area contributed by atoms with Crippen LogP contribution in [0.3, 0.4) is 0 Å². The van der Waals surface area contributed by atoms with Crippen LogP contribution in [-0.2, 0) is 16.0 Å². The SMILES string of the molecule is CC(=O)CCc1ccc(OCC(=O)NCC(c2ccco2)N(C)C)cc1. The molecule has 0 aliphatic rings. The minimum Gasteiger partial charge on any atom is -0.484 e. The molecule has 0 spiro atoms. The van der Waals surface area contributed by atoms with Crippen LogP contribution in [0.25, 0.3) is 0 Å². The van der Waals surface area contributed by atoms with Crippen LogP contribution in [0.15, 0.2) is 47.1 Å². The van der Waals surface area contributed by atoms with E-state index in [0.29, 0.717) is 18.7 Å². The number of hydrogen-bond donors (Lipinski definition) is 1. The maximum absolute atomic E-state index is 12.0. The lowest BCUT2D eigenvalue weighted by Gasteiger charge is -2.22. The van der Waals surface area contributed by atoms with E-state index in [4.69, 9.17) is 9.15 Å². The van der Waals surface area contributed by atoms with E-state index < -0.39 is 0 Å². The monoisotopic (exact) mass is 358 g/mol. The number of Topliss-reactive ketones (excluding diaryl/α,β-unsaturated/α-hetero) is 1. The fourth-order valence-corrected chi connectivity index (χ4v) is 2.50. The van der Waals surface area contributed by atoms with E-state index >= 15 is 0 Å². The van der Waals surface area contributed by atoms with Crippen LogP contribution in [0, 0.1) is 0 Å². The summed E-state index contributed by atoms with van der Waals surface area (Å²) in [6.45, 7) is 1.97. The van der Waals surface area contributed by atoms with Crippen LogP contribution in [0.4, 0.5) is 0 Å². The fourth-order valence-electron chi connectivity index (χ4n) is 2.50. The van der Waals surface area contributed by atoms with Crippen molar-refractivity contribution in [2.45, 2.75) is 25.8 Å². The number of likely N-dealkylation sites (N-methyl/N-ethyl adjacent to an activating group) is 1. The van der Waals surface area contributed by atoms with Crippen molar-refractivity contribution < 1.29 is 18.7 Å².